The number of anilines is 2. The summed E-state index contributed by atoms with van der Waals surface area (Å²) in [4.78, 5) is 16.6. The molecule has 0 saturated heterocycles. The number of ether oxygens (including phenoxy) is 1. The van der Waals surface area contributed by atoms with Crippen LogP contribution in [0.4, 0.5) is 11.4 Å². The third-order valence-corrected chi connectivity index (χ3v) is 4.58. The molecule has 4 nitrogen and oxygen atoms in total. The van der Waals surface area contributed by atoms with Crippen molar-refractivity contribution in [1.82, 2.24) is 0 Å². The summed E-state index contributed by atoms with van der Waals surface area (Å²) in [6.07, 6.45) is -0.320. The first-order valence-corrected chi connectivity index (χ1v) is 8.42. The molecule has 3 rings (SSSR count). The zero-order valence-corrected chi connectivity index (χ0v) is 14.7. The third-order valence-electron chi connectivity index (χ3n) is 4.58. The van der Waals surface area contributed by atoms with Crippen molar-refractivity contribution in [3.8, 4) is 0 Å². The maximum absolute atomic E-state index is 12.3. The Hall–Kier alpha value is -2.49. The summed E-state index contributed by atoms with van der Waals surface area (Å²) in [6, 6.07) is 14.2. The van der Waals surface area contributed by atoms with Crippen LogP contribution in [0.15, 0.2) is 42.5 Å². The molecule has 1 heterocycles. The number of rotatable bonds is 5. The summed E-state index contributed by atoms with van der Waals surface area (Å²) in [6.45, 7) is 6.19. The van der Waals surface area contributed by atoms with E-state index in [-0.39, 0.29) is 12.1 Å². The van der Waals surface area contributed by atoms with Gasteiger partial charge in [-0.25, -0.2) is 4.79 Å². The highest BCUT2D eigenvalue weighted by atomic mass is 16.5. The Morgan fingerprint density at radius 3 is 2.42 bits per heavy atom. The van der Waals surface area contributed by atoms with E-state index in [1.54, 1.807) is 0 Å². The maximum Gasteiger partial charge on any atom is 0.339 e. The number of hydrogen-bond acceptors (Lipinski definition) is 4. The van der Waals surface area contributed by atoms with Gasteiger partial charge in [-0.1, -0.05) is 18.2 Å². The second-order valence-corrected chi connectivity index (χ2v) is 6.22. The van der Waals surface area contributed by atoms with Crippen molar-refractivity contribution in [3.63, 3.8) is 0 Å². The van der Waals surface area contributed by atoms with Crippen LogP contribution in [0.2, 0.25) is 0 Å². The van der Waals surface area contributed by atoms with Gasteiger partial charge in [-0.3, -0.25) is 0 Å². The van der Waals surface area contributed by atoms with Crippen LogP contribution in [0.25, 0.3) is 0 Å². The topological polar surface area (TPSA) is 32.8 Å². The molecule has 4 heteroatoms. The highest BCUT2D eigenvalue weighted by Crippen LogP contribution is 2.38. The Morgan fingerprint density at radius 2 is 1.75 bits per heavy atom. The van der Waals surface area contributed by atoms with Gasteiger partial charge in [-0.15, -0.1) is 0 Å². The Balaban J connectivity index is 1.99. The summed E-state index contributed by atoms with van der Waals surface area (Å²) in [5, 5.41) is 0. The molecule has 126 valence electrons. The zero-order valence-electron chi connectivity index (χ0n) is 14.7. The molecule has 2 aromatic carbocycles. The number of benzene rings is 2. The number of esters is 1. The minimum atomic E-state index is -0.320. The lowest BCUT2D eigenvalue weighted by Gasteiger charge is -2.22. The van der Waals surface area contributed by atoms with Gasteiger partial charge in [0, 0.05) is 44.1 Å². The van der Waals surface area contributed by atoms with Gasteiger partial charge in [-0.2, -0.15) is 0 Å². The first-order chi connectivity index (χ1) is 11.5. The van der Waals surface area contributed by atoms with E-state index in [4.69, 9.17) is 4.74 Å². The summed E-state index contributed by atoms with van der Waals surface area (Å²) in [7, 11) is 3.93. The van der Waals surface area contributed by atoms with E-state index in [1.807, 2.05) is 49.3 Å². The summed E-state index contributed by atoms with van der Waals surface area (Å²) < 4.78 is 5.68. The van der Waals surface area contributed by atoms with E-state index in [0.717, 1.165) is 35.6 Å². The van der Waals surface area contributed by atoms with Crippen LogP contribution in [-0.4, -0.2) is 33.2 Å². The van der Waals surface area contributed by atoms with E-state index in [1.165, 1.54) is 0 Å². The van der Waals surface area contributed by atoms with Crippen LogP contribution in [-0.2, 0) is 4.74 Å². The van der Waals surface area contributed by atoms with Gasteiger partial charge in [0.1, 0.15) is 0 Å². The molecule has 1 aliphatic heterocycles. The Labute approximate surface area is 143 Å². The number of hydrogen-bond donors (Lipinski definition) is 0. The maximum atomic E-state index is 12.3. The number of carbonyl (C=O) groups is 1. The average Bonchev–Trinajstić information content (AvgIpc) is 2.93. The monoisotopic (exact) mass is 324 g/mol. The molecule has 0 fully saturated rings. The van der Waals surface area contributed by atoms with Crippen molar-refractivity contribution >= 4 is 17.3 Å². The summed E-state index contributed by atoms with van der Waals surface area (Å²) >= 11 is 0. The molecule has 0 aliphatic carbocycles. The van der Waals surface area contributed by atoms with Crippen molar-refractivity contribution < 1.29 is 9.53 Å². The molecule has 0 radical (unpaired) electrons. The number of fused-ring (bicyclic) bond motifs is 1. The molecule has 0 spiro atoms. The molecule has 1 aliphatic rings. The van der Waals surface area contributed by atoms with Crippen LogP contribution in [0.1, 0.15) is 41.4 Å². The quantitative estimate of drug-likeness (QED) is 0.782. The highest BCUT2D eigenvalue weighted by Gasteiger charge is 2.32. The van der Waals surface area contributed by atoms with Gasteiger partial charge < -0.3 is 14.5 Å². The van der Waals surface area contributed by atoms with E-state index < -0.39 is 0 Å². The van der Waals surface area contributed by atoms with Gasteiger partial charge in [0.15, 0.2) is 6.10 Å². The first kappa shape index (κ1) is 16.4. The number of carbonyl (C=O) groups excluding carboxylic acids is 1. The normalized spacial score (nSPS) is 15.8. The second-order valence-electron chi connectivity index (χ2n) is 6.22. The minimum Gasteiger partial charge on any atom is -0.449 e. The molecule has 1 atom stereocenters. The van der Waals surface area contributed by atoms with E-state index in [2.05, 4.69) is 30.9 Å². The summed E-state index contributed by atoms with van der Waals surface area (Å²) in [5.74, 6) is -0.244. The van der Waals surface area contributed by atoms with Crippen LogP contribution >= 0.6 is 0 Å². The molecule has 1 unspecified atom stereocenters. The van der Waals surface area contributed by atoms with Crippen LogP contribution < -0.4 is 9.80 Å². The van der Waals surface area contributed by atoms with E-state index in [0.29, 0.717) is 5.56 Å². The van der Waals surface area contributed by atoms with Crippen molar-refractivity contribution in [3.05, 3.63) is 59.2 Å². The van der Waals surface area contributed by atoms with Crippen molar-refractivity contribution in [2.45, 2.75) is 20.0 Å². The predicted octanol–water partition coefficient (Wildman–Crippen LogP) is 3.86. The smallest absolute Gasteiger partial charge is 0.339 e. The van der Waals surface area contributed by atoms with Gasteiger partial charge in [-0.05, 0) is 43.7 Å². The van der Waals surface area contributed by atoms with Gasteiger partial charge in [0.25, 0.3) is 0 Å². The fraction of sp³-hybridized carbons (Fsp3) is 0.350. The lowest BCUT2D eigenvalue weighted by Crippen LogP contribution is -2.21. The predicted molar refractivity (Wildman–Crippen MR) is 98.0 cm³/mol. The van der Waals surface area contributed by atoms with Crippen LogP contribution in [0.5, 0.6) is 0 Å². The summed E-state index contributed by atoms with van der Waals surface area (Å²) in [5.41, 5.74) is 4.79. The van der Waals surface area contributed by atoms with Crippen LogP contribution in [0.3, 0.4) is 0 Å². The molecule has 0 amide bonds. The molecule has 0 bridgehead atoms. The third kappa shape index (κ3) is 2.84. The molecular weight excluding hydrogens is 300 g/mol. The largest absolute Gasteiger partial charge is 0.449 e. The average molecular weight is 324 g/mol. The van der Waals surface area contributed by atoms with E-state index in [9.17, 15) is 4.79 Å². The Morgan fingerprint density at radius 1 is 1.00 bits per heavy atom. The fourth-order valence-electron chi connectivity index (χ4n) is 3.18. The lowest BCUT2D eigenvalue weighted by atomic mass is 9.98. The molecule has 0 saturated carbocycles. The van der Waals surface area contributed by atoms with Crippen molar-refractivity contribution in [1.29, 1.82) is 0 Å². The van der Waals surface area contributed by atoms with Crippen LogP contribution in [0, 0.1) is 0 Å². The highest BCUT2D eigenvalue weighted by molar-refractivity contribution is 5.95. The minimum absolute atomic E-state index is 0.244. The molecule has 2 aromatic rings. The molecule has 0 N–H and O–H groups in total. The Bertz CT molecular complexity index is 751. The first-order valence-electron chi connectivity index (χ1n) is 8.42. The van der Waals surface area contributed by atoms with Gasteiger partial charge >= 0.3 is 5.97 Å². The number of nitrogens with zero attached hydrogens (tertiary/aromatic N) is 2. The van der Waals surface area contributed by atoms with Crippen molar-refractivity contribution in [2.75, 3.05) is 37.0 Å². The standard InChI is InChI=1S/C20H24N2O2/c1-5-22(6-2)16-9-7-8-14(12-16)19-17-11-10-15(21(3)4)13-18(17)20(23)24-19/h7-13,19H,5-6H2,1-4H3. The Kier molecular flexibility index (Phi) is 4.47. The van der Waals surface area contributed by atoms with Gasteiger partial charge in [0.05, 0.1) is 5.56 Å². The SMILES string of the molecule is CCN(CC)c1cccc(C2OC(=O)c3cc(N(C)C)ccc32)c1. The van der Waals surface area contributed by atoms with Gasteiger partial charge in [0.2, 0.25) is 0 Å². The second kappa shape index (κ2) is 6.56. The fourth-order valence-corrected chi connectivity index (χ4v) is 3.18. The zero-order chi connectivity index (χ0) is 17.3. The lowest BCUT2D eigenvalue weighted by molar-refractivity contribution is 0.0456. The number of cyclic esters (lactones) is 1. The molecule has 24 heavy (non-hydrogen) atoms. The van der Waals surface area contributed by atoms with Crippen molar-refractivity contribution in [2.24, 2.45) is 0 Å². The molecule has 0 aromatic heterocycles. The molecular formula is C20H24N2O2. The van der Waals surface area contributed by atoms with E-state index >= 15 is 0 Å².